The lowest BCUT2D eigenvalue weighted by Gasteiger charge is -2.25. The van der Waals surface area contributed by atoms with E-state index < -0.39 is 15.6 Å². The van der Waals surface area contributed by atoms with Gasteiger partial charge >= 0.3 is 5.51 Å². The molecule has 0 saturated heterocycles. The lowest BCUT2D eigenvalue weighted by Crippen LogP contribution is -2.41. The van der Waals surface area contributed by atoms with Crippen LogP contribution in [0.2, 0.25) is 0 Å². The second-order valence-electron chi connectivity index (χ2n) is 4.29. The molecule has 1 aromatic carbocycles. The molecule has 1 aromatic rings. The highest BCUT2D eigenvalue weighted by Crippen LogP contribution is 2.25. The Labute approximate surface area is 120 Å². The van der Waals surface area contributed by atoms with Gasteiger partial charge in [0.15, 0.2) is 10.1 Å². The highest BCUT2D eigenvalue weighted by molar-refractivity contribution is 7.86. The van der Waals surface area contributed by atoms with Crippen molar-refractivity contribution in [3.8, 4) is 0 Å². The second kappa shape index (κ2) is 5.96. The molecule has 1 aliphatic rings. The van der Waals surface area contributed by atoms with Gasteiger partial charge in [-0.1, -0.05) is 18.2 Å². The van der Waals surface area contributed by atoms with Gasteiger partial charge < -0.3 is 4.55 Å². The molecular weight excluding hydrogens is 309 g/mol. The molecule has 21 heavy (non-hydrogen) atoms. The summed E-state index contributed by atoms with van der Waals surface area (Å²) in [6.45, 7) is 2.05. The minimum atomic E-state index is -6.09. The molecule has 0 saturated carbocycles. The zero-order valence-electron chi connectivity index (χ0n) is 11.2. The fourth-order valence-corrected chi connectivity index (χ4v) is 1.51. The molecular formula is C12H13F3N2O3S. The van der Waals surface area contributed by atoms with E-state index in [1.165, 1.54) is 5.69 Å². The molecule has 0 amide bonds. The number of amidine groups is 1. The summed E-state index contributed by atoms with van der Waals surface area (Å²) in [5, 5.41) is 0. The Morgan fingerprint density at radius 2 is 1.67 bits per heavy atom. The average Bonchev–Trinajstić information content (AvgIpc) is 2.70. The first-order valence-corrected chi connectivity index (χ1v) is 7.06. The number of aliphatic imine (C=N–C) groups is 1. The highest BCUT2D eigenvalue weighted by atomic mass is 32.2. The van der Waals surface area contributed by atoms with E-state index in [0.29, 0.717) is 4.48 Å². The molecule has 5 nitrogen and oxygen atoms in total. The van der Waals surface area contributed by atoms with Crippen molar-refractivity contribution in [1.82, 2.24) is 4.48 Å². The number of para-hydroxylation sites is 1. The molecule has 0 bridgehead atoms. The van der Waals surface area contributed by atoms with Gasteiger partial charge in [-0.25, -0.2) is 17.9 Å². The molecule has 0 aliphatic carbocycles. The molecule has 0 radical (unpaired) electrons. The SMILES string of the molecule is CC1=NC=C[N+]1(C)c1ccccc1.O=S(=O)([O-])C(F)(F)F. The Morgan fingerprint density at radius 3 is 2.00 bits per heavy atom. The average molecular weight is 322 g/mol. The van der Waals surface area contributed by atoms with Crippen LogP contribution >= 0.6 is 0 Å². The molecule has 1 heterocycles. The summed E-state index contributed by atoms with van der Waals surface area (Å²) in [6, 6.07) is 10.4. The van der Waals surface area contributed by atoms with Gasteiger partial charge in [0.25, 0.3) is 0 Å². The Kier molecular flexibility index (Phi) is 4.92. The van der Waals surface area contributed by atoms with Crippen LogP contribution in [-0.4, -0.2) is 31.4 Å². The first kappa shape index (κ1) is 17.3. The van der Waals surface area contributed by atoms with Crippen LogP contribution in [0, 0.1) is 0 Å². The van der Waals surface area contributed by atoms with E-state index in [-0.39, 0.29) is 0 Å². The van der Waals surface area contributed by atoms with E-state index in [4.69, 9.17) is 13.0 Å². The van der Waals surface area contributed by atoms with E-state index in [1.54, 1.807) is 0 Å². The first-order valence-electron chi connectivity index (χ1n) is 5.65. The van der Waals surface area contributed by atoms with Gasteiger partial charge in [-0.3, -0.25) is 0 Å². The van der Waals surface area contributed by atoms with Gasteiger partial charge in [-0.15, -0.1) is 0 Å². The third kappa shape index (κ3) is 4.13. The molecule has 9 heteroatoms. The van der Waals surface area contributed by atoms with Crippen molar-refractivity contribution in [2.45, 2.75) is 12.4 Å². The van der Waals surface area contributed by atoms with Crippen molar-refractivity contribution in [3.63, 3.8) is 0 Å². The van der Waals surface area contributed by atoms with Crippen LogP contribution in [0.4, 0.5) is 18.9 Å². The van der Waals surface area contributed by atoms with E-state index in [9.17, 15) is 13.2 Å². The van der Waals surface area contributed by atoms with Crippen LogP contribution in [0.5, 0.6) is 0 Å². The molecule has 0 aromatic heterocycles. The predicted octanol–water partition coefficient (Wildman–Crippen LogP) is 2.58. The number of rotatable bonds is 1. The standard InChI is InChI=1S/C11H13N2.CHF3O3S/c1-10-12-8-9-13(10,2)11-6-4-3-5-7-11;2-1(3,4)8(5,6)7/h3-9H,1-2H3;(H,5,6,7)/q+1;/p-1. The van der Waals surface area contributed by atoms with Crippen molar-refractivity contribution in [3.05, 3.63) is 42.7 Å². The third-order valence-electron chi connectivity index (χ3n) is 2.87. The summed E-state index contributed by atoms with van der Waals surface area (Å²) in [5.41, 5.74) is -4.40. The zero-order valence-corrected chi connectivity index (χ0v) is 12.0. The number of alkyl halides is 3. The van der Waals surface area contributed by atoms with Gasteiger partial charge in [0, 0.05) is 6.92 Å². The molecule has 1 aliphatic heterocycles. The molecule has 1 atom stereocenters. The summed E-state index contributed by atoms with van der Waals surface area (Å²) in [6.07, 6.45) is 3.95. The maximum Gasteiger partial charge on any atom is 0.485 e. The highest BCUT2D eigenvalue weighted by Gasteiger charge is 2.36. The number of hydrogen-bond donors (Lipinski definition) is 0. The largest absolute Gasteiger partial charge is 0.741 e. The summed E-state index contributed by atoms with van der Waals surface area (Å²) >= 11 is 0. The molecule has 2 rings (SSSR count). The Balaban J connectivity index is 0.000000240. The Bertz CT molecular complexity index is 654. The molecule has 116 valence electrons. The lowest BCUT2D eigenvalue weighted by molar-refractivity contribution is -0.0517. The van der Waals surface area contributed by atoms with E-state index in [2.05, 4.69) is 42.5 Å². The van der Waals surface area contributed by atoms with E-state index in [1.807, 2.05) is 19.2 Å². The van der Waals surface area contributed by atoms with Crippen molar-refractivity contribution >= 4 is 21.6 Å². The number of nitrogens with zero attached hydrogens (tertiary/aromatic N) is 2. The summed E-state index contributed by atoms with van der Waals surface area (Å²) in [5.74, 6) is 1.10. The topological polar surface area (TPSA) is 69.6 Å². The van der Waals surface area contributed by atoms with Crippen LogP contribution in [-0.2, 0) is 10.1 Å². The van der Waals surface area contributed by atoms with Gasteiger partial charge in [-0.2, -0.15) is 13.2 Å². The second-order valence-corrected chi connectivity index (χ2v) is 5.66. The molecule has 0 N–H and O–H groups in total. The number of halogens is 3. The van der Waals surface area contributed by atoms with E-state index in [0.717, 1.165) is 5.84 Å². The van der Waals surface area contributed by atoms with Crippen LogP contribution in [0.15, 0.2) is 47.7 Å². The maximum absolute atomic E-state index is 10.7. The predicted molar refractivity (Wildman–Crippen MR) is 72.2 cm³/mol. The van der Waals surface area contributed by atoms with Gasteiger partial charge in [0.1, 0.15) is 11.9 Å². The van der Waals surface area contributed by atoms with Crippen LogP contribution in [0.3, 0.4) is 0 Å². The number of hydrogen-bond acceptors (Lipinski definition) is 4. The van der Waals surface area contributed by atoms with E-state index >= 15 is 0 Å². The Morgan fingerprint density at radius 1 is 1.19 bits per heavy atom. The summed E-state index contributed by atoms with van der Waals surface area (Å²) in [4.78, 5) is 4.27. The minimum absolute atomic E-state index is 0.695. The maximum atomic E-state index is 10.7. The molecule has 0 spiro atoms. The Hall–Kier alpha value is -1.71. The lowest BCUT2D eigenvalue weighted by atomic mass is 10.2. The minimum Gasteiger partial charge on any atom is -0.741 e. The van der Waals surface area contributed by atoms with Gasteiger partial charge in [-0.05, 0) is 12.1 Å². The van der Waals surface area contributed by atoms with Crippen LogP contribution < -0.4 is 4.48 Å². The summed E-state index contributed by atoms with van der Waals surface area (Å²) < 4.78 is 59.6. The van der Waals surface area contributed by atoms with Gasteiger partial charge in [0.05, 0.1) is 13.2 Å². The smallest absolute Gasteiger partial charge is 0.485 e. The van der Waals surface area contributed by atoms with Crippen molar-refractivity contribution < 1.29 is 26.1 Å². The molecule has 1 unspecified atom stereocenters. The number of benzene rings is 1. The first-order chi connectivity index (χ1) is 9.48. The quantitative estimate of drug-likeness (QED) is 0.453. The van der Waals surface area contributed by atoms with Gasteiger partial charge in [0.2, 0.25) is 5.84 Å². The van der Waals surface area contributed by atoms with Crippen molar-refractivity contribution in [2.75, 3.05) is 7.05 Å². The normalized spacial score (nSPS) is 21.5. The molecule has 0 fully saturated rings. The van der Waals surface area contributed by atoms with Crippen molar-refractivity contribution in [2.24, 2.45) is 4.99 Å². The zero-order chi connectivity index (χ0) is 16.3. The van der Waals surface area contributed by atoms with Crippen LogP contribution in [0.1, 0.15) is 6.92 Å². The monoisotopic (exact) mass is 322 g/mol. The van der Waals surface area contributed by atoms with Crippen molar-refractivity contribution in [1.29, 1.82) is 0 Å². The third-order valence-corrected chi connectivity index (χ3v) is 3.44. The fraction of sp³-hybridized carbons (Fsp3) is 0.250. The fourth-order valence-electron chi connectivity index (χ4n) is 1.51. The van der Waals surface area contributed by atoms with Crippen LogP contribution in [0.25, 0.3) is 0 Å². The number of quaternary nitrogens is 1. The summed E-state index contributed by atoms with van der Waals surface area (Å²) in [7, 11) is -3.95.